The molecule has 1 fully saturated rings. The standard InChI is InChI=1S/C19H19N3O6/c23-17(21-10-8-19(26,9-11-21)18(24)25)13-6-7-15(16(12-13)22(27)28)20-14-4-2-1-3-5-14/h1-7,12,20,26H,8-11H2,(H,24,25). The van der Waals surface area contributed by atoms with Gasteiger partial charge < -0.3 is 20.4 Å². The van der Waals surface area contributed by atoms with E-state index in [1.165, 1.54) is 23.1 Å². The number of nitrogens with one attached hydrogen (secondary N) is 1. The van der Waals surface area contributed by atoms with Crippen molar-refractivity contribution >= 4 is 28.9 Å². The van der Waals surface area contributed by atoms with Gasteiger partial charge in [-0.1, -0.05) is 18.2 Å². The van der Waals surface area contributed by atoms with Crippen LogP contribution in [0.25, 0.3) is 0 Å². The number of amides is 1. The molecule has 146 valence electrons. The summed E-state index contributed by atoms with van der Waals surface area (Å²) in [5.41, 5.74) is -1.02. The van der Waals surface area contributed by atoms with Crippen LogP contribution in [-0.2, 0) is 4.79 Å². The average Bonchev–Trinajstić information content (AvgIpc) is 2.69. The highest BCUT2D eigenvalue weighted by Gasteiger charge is 2.40. The first kappa shape index (κ1) is 19.3. The molecule has 1 heterocycles. The normalized spacial score (nSPS) is 15.7. The minimum absolute atomic E-state index is 0.0550. The maximum absolute atomic E-state index is 12.7. The number of aliphatic hydroxyl groups is 1. The van der Waals surface area contributed by atoms with Gasteiger partial charge in [-0.3, -0.25) is 14.9 Å². The number of carboxylic acids is 1. The summed E-state index contributed by atoms with van der Waals surface area (Å²) in [6.45, 7) is 0.110. The topological polar surface area (TPSA) is 133 Å². The molecule has 1 aliphatic rings. The molecule has 28 heavy (non-hydrogen) atoms. The summed E-state index contributed by atoms with van der Waals surface area (Å²) < 4.78 is 0. The smallest absolute Gasteiger partial charge is 0.335 e. The number of hydrogen-bond donors (Lipinski definition) is 3. The number of carboxylic acid groups (broad SMARTS) is 1. The van der Waals surface area contributed by atoms with Crippen molar-refractivity contribution in [1.82, 2.24) is 4.90 Å². The Hall–Kier alpha value is -3.46. The molecule has 0 radical (unpaired) electrons. The molecular weight excluding hydrogens is 366 g/mol. The van der Waals surface area contributed by atoms with E-state index in [1.807, 2.05) is 6.07 Å². The number of piperidine rings is 1. The second-order valence-corrected chi connectivity index (χ2v) is 6.61. The molecule has 1 amide bonds. The van der Waals surface area contributed by atoms with E-state index in [4.69, 9.17) is 5.11 Å². The molecule has 9 heteroatoms. The van der Waals surface area contributed by atoms with E-state index in [2.05, 4.69) is 5.32 Å². The summed E-state index contributed by atoms with van der Waals surface area (Å²) in [6.07, 6.45) is -0.187. The lowest BCUT2D eigenvalue weighted by molar-refractivity contribution is -0.383. The Labute approximate surface area is 160 Å². The first-order chi connectivity index (χ1) is 13.3. The molecule has 0 unspecified atom stereocenters. The summed E-state index contributed by atoms with van der Waals surface area (Å²) in [4.78, 5) is 36.1. The molecule has 0 saturated carbocycles. The number of anilines is 2. The summed E-state index contributed by atoms with van der Waals surface area (Å²) >= 11 is 0. The van der Waals surface area contributed by atoms with Gasteiger partial charge in [0.25, 0.3) is 11.6 Å². The van der Waals surface area contributed by atoms with Gasteiger partial charge in [-0.05, 0) is 24.3 Å². The molecule has 3 rings (SSSR count). The van der Waals surface area contributed by atoms with Crippen molar-refractivity contribution in [2.24, 2.45) is 0 Å². The van der Waals surface area contributed by atoms with E-state index < -0.39 is 22.4 Å². The highest BCUT2D eigenvalue weighted by molar-refractivity contribution is 5.96. The third kappa shape index (κ3) is 3.94. The van der Waals surface area contributed by atoms with Crippen LogP contribution in [0.1, 0.15) is 23.2 Å². The van der Waals surface area contributed by atoms with E-state index in [0.29, 0.717) is 5.69 Å². The number of aliphatic carboxylic acids is 1. The van der Waals surface area contributed by atoms with Gasteiger partial charge in [0.05, 0.1) is 4.92 Å². The Kier molecular flexibility index (Phi) is 5.27. The molecule has 2 aromatic carbocycles. The Bertz CT molecular complexity index is 907. The van der Waals surface area contributed by atoms with Crippen molar-refractivity contribution in [1.29, 1.82) is 0 Å². The zero-order valence-corrected chi connectivity index (χ0v) is 14.9. The van der Waals surface area contributed by atoms with E-state index >= 15 is 0 Å². The molecule has 1 saturated heterocycles. The molecule has 0 aromatic heterocycles. The fourth-order valence-electron chi connectivity index (χ4n) is 3.07. The molecule has 0 bridgehead atoms. The van der Waals surface area contributed by atoms with Gasteiger partial charge in [0, 0.05) is 43.2 Å². The van der Waals surface area contributed by atoms with Crippen molar-refractivity contribution in [3.8, 4) is 0 Å². The molecule has 3 N–H and O–H groups in total. The Balaban J connectivity index is 1.79. The van der Waals surface area contributed by atoms with Crippen molar-refractivity contribution in [3.05, 3.63) is 64.2 Å². The minimum atomic E-state index is -1.84. The number of nitrogens with zero attached hydrogens (tertiary/aromatic N) is 2. The zero-order valence-electron chi connectivity index (χ0n) is 14.9. The molecule has 0 spiro atoms. The van der Waals surface area contributed by atoms with E-state index in [9.17, 15) is 24.8 Å². The van der Waals surface area contributed by atoms with Crippen LogP contribution in [0.4, 0.5) is 17.1 Å². The second-order valence-electron chi connectivity index (χ2n) is 6.61. The van der Waals surface area contributed by atoms with Gasteiger partial charge >= 0.3 is 5.97 Å². The van der Waals surface area contributed by atoms with Crippen LogP contribution < -0.4 is 5.32 Å². The predicted octanol–water partition coefficient (Wildman–Crippen LogP) is 2.39. The monoisotopic (exact) mass is 385 g/mol. The summed E-state index contributed by atoms with van der Waals surface area (Å²) in [5.74, 6) is -1.76. The number of hydrogen-bond acceptors (Lipinski definition) is 6. The van der Waals surface area contributed by atoms with E-state index in [1.54, 1.807) is 24.3 Å². The van der Waals surface area contributed by atoms with E-state index in [0.717, 1.165) is 0 Å². The van der Waals surface area contributed by atoms with Crippen molar-refractivity contribution in [2.45, 2.75) is 18.4 Å². The number of nitro groups is 1. The minimum Gasteiger partial charge on any atom is -0.479 e. The second kappa shape index (κ2) is 7.65. The Morgan fingerprint density at radius 2 is 1.75 bits per heavy atom. The number of nitro benzene ring substituents is 1. The highest BCUT2D eigenvalue weighted by atomic mass is 16.6. The predicted molar refractivity (Wildman–Crippen MR) is 101 cm³/mol. The average molecular weight is 385 g/mol. The maximum Gasteiger partial charge on any atom is 0.335 e. The van der Waals surface area contributed by atoms with Crippen LogP contribution in [0.2, 0.25) is 0 Å². The molecular formula is C19H19N3O6. The summed E-state index contributed by atoms with van der Waals surface area (Å²) in [6, 6.07) is 13.1. The molecule has 9 nitrogen and oxygen atoms in total. The highest BCUT2D eigenvalue weighted by Crippen LogP contribution is 2.30. The summed E-state index contributed by atoms with van der Waals surface area (Å²) in [5, 5.41) is 33.5. The third-order valence-corrected chi connectivity index (χ3v) is 4.77. The largest absolute Gasteiger partial charge is 0.479 e. The SMILES string of the molecule is O=C(c1ccc(Nc2ccccc2)c([N+](=O)[O-])c1)N1CCC(O)(C(=O)O)CC1. The van der Waals surface area contributed by atoms with Gasteiger partial charge in [0.15, 0.2) is 5.60 Å². The lowest BCUT2D eigenvalue weighted by atomic mass is 9.91. The number of rotatable bonds is 5. The molecule has 0 atom stereocenters. The first-order valence-electron chi connectivity index (χ1n) is 8.66. The number of para-hydroxylation sites is 1. The number of likely N-dealkylation sites (tertiary alicyclic amines) is 1. The summed E-state index contributed by atoms with van der Waals surface area (Å²) in [7, 11) is 0. The zero-order chi connectivity index (χ0) is 20.3. The Morgan fingerprint density at radius 1 is 1.11 bits per heavy atom. The van der Waals surface area contributed by atoms with Crippen LogP contribution >= 0.6 is 0 Å². The number of carbonyl (C=O) groups is 2. The fourth-order valence-corrected chi connectivity index (χ4v) is 3.07. The first-order valence-corrected chi connectivity index (χ1v) is 8.66. The maximum atomic E-state index is 12.7. The number of carbonyl (C=O) groups excluding carboxylic acids is 1. The Morgan fingerprint density at radius 3 is 2.32 bits per heavy atom. The van der Waals surface area contributed by atoms with Crippen LogP contribution in [0.3, 0.4) is 0 Å². The van der Waals surface area contributed by atoms with Crippen LogP contribution in [0.15, 0.2) is 48.5 Å². The van der Waals surface area contributed by atoms with Crippen LogP contribution in [0.5, 0.6) is 0 Å². The van der Waals surface area contributed by atoms with Gasteiger partial charge in [0.2, 0.25) is 0 Å². The van der Waals surface area contributed by atoms with Crippen LogP contribution in [0, 0.1) is 10.1 Å². The van der Waals surface area contributed by atoms with Gasteiger partial charge in [-0.2, -0.15) is 0 Å². The fraction of sp³-hybridized carbons (Fsp3) is 0.263. The lowest BCUT2D eigenvalue weighted by Crippen LogP contribution is -2.50. The molecule has 0 aliphatic carbocycles. The third-order valence-electron chi connectivity index (χ3n) is 4.77. The van der Waals surface area contributed by atoms with E-state index in [-0.39, 0.29) is 42.9 Å². The van der Waals surface area contributed by atoms with Gasteiger partial charge in [-0.15, -0.1) is 0 Å². The quantitative estimate of drug-likeness (QED) is 0.531. The number of benzene rings is 2. The molecule has 2 aromatic rings. The van der Waals surface area contributed by atoms with Gasteiger partial charge in [-0.25, -0.2) is 4.79 Å². The van der Waals surface area contributed by atoms with Crippen molar-refractivity contribution in [2.75, 3.05) is 18.4 Å². The van der Waals surface area contributed by atoms with Gasteiger partial charge in [0.1, 0.15) is 5.69 Å². The molecule has 1 aliphatic heterocycles. The van der Waals surface area contributed by atoms with Crippen molar-refractivity contribution in [3.63, 3.8) is 0 Å². The van der Waals surface area contributed by atoms with Crippen molar-refractivity contribution < 1.29 is 24.7 Å². The lowest BCUT2D eigenvalue weighted by Gasteiger charge is -2.35. The van der Waals surface area contributed by atoms with Crippen LogP contribution in [-0.4, -0.2) is 50.6 Å².